The minimum Gasteiger partial charge on any atom is -0.454 e. The molecule has 0 radical (unpaired) electrons. The van der Waals surface area contributed by atoms with E-state index in [1.165, 1.54) is 0 Å². The van der Waals surface area contributed by atoms with Gasteiger partial charge in [-0.1, -0.05) is 158 Å². The monoisotopic (exact) mass is 693 g/mol. The predicted octanol–water partition coefficient (Wildman–Crippen LogP) is 14.6. The lowest BCUT2D eigenvalue weighted by Gasteiger charge is -2.20. The summed E-state index contributed by atoms with van der Waals surface area (Å²) in [6.07, 6.45) is 0. The maximum Gasteiger partial charge on any atom is 0.160 e. The van der Waals surface area contributed by atoms with E-state index in [0.29, 0.717) is 33.2 Å². The highest BCUT2D eigenvalue weighted by molar-refractivity contribution is 6.27. The Morgan fingerprint density at radius 1 is 0.407 bits per heavy atom. The molecule has 54 heavy (non-hydrogen) atoms. The summed E-state index contributed by atoms with van der Waals surface area (Å²) in [5, 5.41) is 8.00. The van der Waals surface area contributed by atoms with Gasteiger partial charge in [0.1, 0.15) is 5.58 Å². The molecule has 2 heteroatoms. The van der Waals surface area contributed by atoms with E-state index in [0.717, 1.165) is 54.4 Å². The van der Waals surface area contributed by atoms with Gasteiger partial charge in [0.15, 0.2) is 5.58 Å². The van der Waals surface area contributed by atoms with E-state index in [-0.39, 0.29) is 51.3 Å². The molecule has 0 unspecified atom stereocenters. The van der Waals surface area contributed by atoms with Crippen molar-refractivity contribution in [2.24, 2.45) is 0 Å². The van der Waals surface area contributed by atoms with Crippen molar-refractivity contribution in [3.8, 4) is 27.9 Å². The second kappa shape index (κ2) is 11.2. The molecule has 0 aliphatic rings. The highest BCUT2D eigenvalue weighted by Crippen LogP contribution is 2.49. The Kier molecular flexibility index (Phi) is 4.70. The molecule has 250 valence electrons. The Balaban J connectivity index is 1.32. The van der Waals surface area contributed by atoms with Gasteiger partial charge in [-0.05, 0) is 95.7 Å². The third-order valence-electron chi connectivity index (χ3n) is 11.0. The van der Waals surface area contributed by atoms with Crippen molar-refractivity contribution >= 4 is 86.8 Å². The Morgan fingerprint density at radius 3 is 1.72 bits per heavy atom. The van der Waals surface area contributed by atoms with Gasteiger partial charge in [0.05, 0.1) is 27.7 Å². The summed E-state index contributed by atoms with van der Waals surface area (Å²) >= 11 is 0. The van der Waals surface area contributed by atoms with E-state index in [4.69, 9.17) is 9.90 Å². The third kappa shape index (κ3) is 4.05. The molecule has 2 heterocycles. The second-order valence-electron chi connectivity index (χ2n) is 13.8. The molecule has 0 aliphatic heterocycles. The van der Waals surface area contributed by atoms with Crippen molar-refractivity contribution in [2.45, 2.75) is 0 Å². The average Bonchev–Trinajstić information content (AvgIpc) is 3.85. The fourth-order valence-electron chi connectivity index (χ4n) is 8.72. The number of aromatic nitrogens is 1. The number of hydrogen-bond donors (Lipinski definition) is 0. The van der Waals surface area contributed by atoms with Crippen LogP contribution in [0.1, 0.15) is 11.0 Å². The first-order chi connectivity index (χ1) is 30.1. The molecule has 0 fully saturated rings. The predicted molar refractivity (Wildman–Crippen MR) is 229 cm³/mol. The van der Waals surface area contributed by atoms with Crippen LogP contribution in [0.15, 0.2) is 192 Å². The number of hydrogen-bond acceptors (Lipinski definition) is 1. The molecule has 12 rings (SSSR count). The number of nitrogens with zero attached hydrogens (tertiary/aromatic N) is 1. The van der Waals surface area contributed by atoms with Gasteiger partial charge in [-0.2, -0.15) is 0 Å². The molecule has 2 nitrogen and oxygen atoms in total. The molecule has 12 aromatic rings. The van der Waals surface area contributed by atoms with Crippen molar-refractivity contribution in [3.05, 3.63) is 188 Å². The zero-order chi connectivity index (χ0) is 42.3. The van der Waals surface area contributed by atoms with E-state index in [1.54, 1.807) is 0 Å². The summed E-state index contributed by atoms with van der Waals surface area (Å²) in [6, 6.07) is 42.7. The van der Waals surface area contributed by atoms with E-state index < -0.39 is 24.2 Å². The fraction of sp³-hybridized carbons (Fsp3) is 0. The summed E-state index contributed by atoms with van der Waals surface area (Å²) in [6.45, 7) is 0. The molecule has 0 saturated carbocycles. The summed E-state index contributed by atoms with van der Waals surface area (Å²) in [5.41, 5.74) is 5.47. The van der Waals surface area contributed by atoms with Gasteiger partial charge in [0.2, 0.25) is 0 Å². The number of rotatable bonds is 3. The number of para-hydroxylation sites is 2. The van der Waals surface area contributed by atoms with Crippen LogP contribution in [0.2, 0.25) is 0 Å². The van der Waals surface area contributed by atoms with E-state index in [1.807, 2.05) is 103 Å². The standard InChI is InChI=1S/C52H31NO/c1-2-16-34-31-47-44(30-33(34)15-1)36-19-9-11-26-45(36)53(47)46-29-28-43(51-42-24-10-12-27-48(42)54-52(46)51)50-40-22-7-5-20-38(40)49(39-21-6-8-23-41(39)50)37-25-13-17-32-14-3-4-18-35(32)37/h1-31H/i5D,6D,7D,8D,20D,21D,22D,23D. The van der Waals surface area contributed by atoms with Crippen LogP contribution < -0.4 is 0 Å². The Hall–Kier alpha value is -7.16. The number of fused-ring (bicyclic) bond motifs is 10. The van der Waals surface area contributed by atoms with Crippen molar-refractivity contribution in [1.29, 1.82) is 0 Å². The Labute approximate surface area is 322 Å². The van der Waals surface area contributed by atoms with Crippen molar-refractivity contribution in [3.63, 3.8) is 0 Å². The van der Waals surface area contributed by atoms with Crippen LogP contribution in [0.4, 0.5) is 0 Å². The first-order valence-corrected chi connectivity index (χ1v) is 17.9. The summed E-state index contributed by atoms with van der Waals surface area (Å²) in [7, 11) is 0. The zero-order valence-corrected chi connectivity index (χ0v) is 28.6. The highest BCUT2D eigenvalue weighted by Gasteiger charge is 2.24. The summed E-state index contributed by atoms with van der Waals surface area (Å²) in [5.74, 6) is 0. The van der Waals surface area contributed by atoms with Gasteiger partial charge in [0.25, 0.3) is 0 Å². The lowest BCUT2D eigenvalue weighted by Crippen LogP contribution is -1.96. The largest absolute Gasteiger partial charge is 0.454 e. The first kappa shape index (κ1) is 22.7. The van der Waals surface area contributed by atoms with Crippen molar-refractivity contribution in [1.82, 2.24) is 4.57 Å². The normalized spacial score (nSPS) is 14.1. The van der Waals surface area contributed by atoms with Crippen LogP contribution in [-0.2, 0) is 0 Å². The maximum absolute atomic E-state index is 9.66. The molecule has 0 atom stereocenters. The maximum atomic E-state index is 9.66. The molecule has 2 aromatic heterocycles. The molecule has 0 saturated heterocycles. The van der Waals surface area contributed by atoms with Crippen LogP contribution in [0, 0.1) is 0 Å². The molecule has 0 spiro atoms. The van der Waals surface area contributed by atoms with Crippen molar-refractivity contribution in [2.75, 3.05) is 0 Å². The number of furan rings is 1. The third-order valence-corrected chi connectivity index (χ3v) is 11.0. The van der Waals surface area contributed by atoms with Crippen LogP contribution in [0.25, 0.3) is 115 Å². The Morgan fingerprint density at radius 2 is 0.981 bits per heavy atom. The SMILES string of the molecule is [2H]c1c([2H])c([2H])c2c(-c3ccc(-n4c5ccccc5c5cc6ccccc6cc54)c4oc5ccccc5c34)c3c([2H])c([2H])c([2H])c([2H])c3c(-c3cccc4ccccc34)c2c1[2H]. The second-order valence-corrected chi connectivity index (χ2v) is 13.8. The highest BCUT2D eigenvalue weighted by atomic mass is 16.3. The van der Waals surface area contributed by atoms with Gasteiger partial charge in [-0.25, -0.2) is 0 Å². The number of benzene rings is 10. The molecular weight excluding hydrogens is 655 g/mol. The quantitative estimate of drug-likeness (QED) is 0.169. The van der Waals surface area contributed by atoms with E-state index in [9.17, 15) is 5.48 Å². The molecule has 10 aromatic carbocycles. The first-order valence-electron chi connectivity index (χ1n) is 21.9. The smallest absolute Gasteiger partial charge is 0.160 e. The Bertz CT molecular complexity index is 3890. The van der Waals surface area contributed by atoms with Gasteiger partial charge < -0.3 is 8.98 Å². The van der Waals surface area contributed by atoms with Crippen LogP contribution in [0.5, 0.6) is 0 Å². The lowest BCUT2D eigenvalue weighted by atomic mass is 9.84. The minimum atomic E-state index is -0.449. The van der Waals surface area contributed by atoms with Crippen LogP contribution >= 0.6 is 0 Å². The minimum absolute atomic E-state index is 0.152. The molecule has 0 amide bonds. The molecule has 0 bridgehead atoms. The van der Waals surface area contributed by atoms with Gasteiger partial charge in [-0.15, -0.1) is 0 Å². The zero-order valence-electron chi connectivity index (χ0n) is 36.6. The van der Waals surface area contributed by atoms with Crippen LogP contribution in [0.3, 0.4) is 0 Å². The average molecular weight is 694 g/mol. The fourth-order valence-corrected chi connectivity index (χ4v) is 8.72. The van der Waals surface area contributed by atoms with Crippen LogP contribution in [-0.4, -0.2) is 4.57 Å². The molecule has 0 N–H and O–H groups in total. The lowest BCUT2D eigenvalue weighted by molar-refractivity contribution is 0.666. The summed E-state index contributed by atoms with van der Waals surface area (Å²) < 4.78 is 83.6. The van der Waals surface area contributed by atoms with E-state index >= 15 is 0 Å². The van der Waals surface area contributed by atoms with E-state index in [2.05, 4.69) is 41.0 Å². The topological polar surface area (TPSA) is 18.1 Å². The molecular formula is C52H31NO. The van der Waals surface area contributed by atoms with Gasteiger partial charge >= 0.3 is 0 Å². The van der Waals surface area contributed by atoms with Gasteiger partial charge in [0, 0.05) is 21.5 Å². The van der Waals surface area contributed by atoms with Gasteiger partial charge in [-0.3, -0.25) is 0 Å². The molecule has 0 aliphatic carbocycles. The summed E-state index contributed by atoms with van der Waals surface area (Å²) in [4.78, 5) is 0. The van der Waals surface area contributed by atoms with Crippen molar-refractivity contribution < 1.29 is 15.4 Å².